The number of pyridine rings is 1. The van der Waals surface area contributed by atoms with Crippen LogP contribution in [0.5, 0.6) is 0 Å². The molecule has 0 saturated heterocycles. The van der Waals surface area contributed by atoms with Gasteiger partial charge in [-0.1, -0.05) is 46.4 Å². The monoisotopic (exact) mass is 471 g/mol. The largest absolute Gasteiger partial charge is 0.345 e. The van der Waals surface area contributed by atoms with Crippen LogP contribution in [0.4, 0.5) is 5.69 Å². The van der Waals surface area contributed by atoms with E-state index in [1.54, 1.807) is 26.2 Å². The van der Waals surface area contributed by atoms with E-state index in [0.29, 0.717) is 0 Å². The fourth-order valence-electron chi connectivity index (χ4n) is 2.50. The van der Waals surface area contributed by atoms with E-state index in [4.69, 9.17) is 46.4 Å². The van der Waals surface area contributed by atoms with Gasteiger partial charge in [-0.25, -0.2) is 9.67 Å². The molecule has 0 unspecified atom stereocenters. The Kier molecular flexibility index (Phi) is 6.33. The Morgan fingerprint density at radius 3 is 2.45 bits per heavy atom. The summed E-state index contributed by atoms with van der Waals surface area (Å²) in [5.41, 5.74) is 0.287. The molecule has 0 spiro atoms. The maximum atomic E-state index is 13.0. The summed E-state index contributed by atoms with van der Waals surface area (Å²) in [5, 5.41) is 7.39. The van der Waals surface area contributed by atoms with E-state index >= 15 is 0 Å². The van der Waals surface area contributed by atoms with Crippen molar-refractivity contribution in [2.75, 3.05) is 19.4 Å². The van der Waals surface area contributed by atoms with E-state index in [1.165, 1.54) is 34.0 Å². The molecule has 1 N–H and O–H groups in total. The number of hydrogen-bond acceptors (Lipinski definition) is 4. The average molecular weight is 473 g/mol. The van der Waals surface area contributed by atoms with Crippen LogP contribution in [-0.4, -0.2) is 45.6 Å². The predicted octanol–water partition coefficient (Wildman–Crippen LogP) is 4.84. The fourth-order valence-corrected chi connectivity index (χ4v) is 3.42. The number of anilines is 1. The molecule has 7 nitrogen and oxygen atoms in total. The van der Waals surface area contributed by atoms with Crippen molar-refractivity contribution in [3.8, 4) is 5.82 Å². The number of nitrogens with zero attached hydrogens (tertiary/aromatic N) is 4. The molecule has 0 atom stereocenters. The number of nitrogens with one attached hydrogen (secondary N) is 1. The van der Waals surface area contributed by atoms with E-state index in [9.17, 15) is 9.59 Å². The number of aromatic nitrogens is 3. The van der Waals surface area contributed by atoms with Crippen LogP contribution in [0.25, 0.3) is 5.82 Å². The van der Waals surface area contributed by atoms with Gasteiger partial charge in [0.2, 0.25) is 0 Å². The number of hydrogen-bond donors (Lipinski definition) is 1. The van der Waals surface area contributed by atoms with Gasteiger partial charge in [-0.2, -0.15) is 5.10 Å². The zero-order valence-corrected chi connectivity index (χ0v) is 18.1. The van der Waals surface area contributed by atoms with Crippen LogP contribution >= 0.6 is 46.4 Å². The minimum atomic E-state index is -0.622. The Morgan fingerprint density at radius 2 is 1.79 bits per heavy atom. The molecule has 0 aliphatic heterocycles. The second-order valence-corrected chi connectivity index (χ2v) is 7.67. The van der Waals surface area contributed by atoms with Gasteiger partial charge in [0.1, 0.15) is 5.69 Å². The molecule has 0 aliphatic rings. The number of benzene rings is 1. The van der Waals surface area contributed by atoms with Gasteiger partial charge >= 0.3 is 0 Å². The summed E-state index contributed by atoms with van der Waals surface area (Å²) >= 11 is 24.4. The smallest absolute Gasteiger partial charge is 0.274 e. The number of halogens is 4. The Bertz CT molecular complexity index is 1110. The number of carbonyl (C=O) groups is 2. The molecule has 11 heteroatoms. The van der Waals surface area contributed by atoms with Gasteiger partial charge in [0, 0.05) is 31.4 Å². The van der Waals surface area contributed by atoms with E-state index in [0.717, 1.165) is 0 Å². The molecule has 2 aromatic heterocycles. The van der Waals surface area contributed by atoms with E-state index in [2.05, 4.69) is 15.4 Å². The third-order valence-corrected chi connectivity index (χ3v) is 4.78. The zero-order chi connectivity index (χ0) is 21.3. The highest BCUT2D eigenvalue weighted by Crippen LogP contribution is 2.32. The van der Waals surface area contributed by atoms with Crippen molar-refractivity contribution in [3.63, 3.8) is 0 Å². The highest BCUT2D eigenvalue weighted by Gasteiger charge is 2.23. The molecule has 1 aromatic carbocycles. The summed E-state index contributed by atoms with van der Waals surface area (Å²) in [4.78, 5) is 31.0. The molecule has 0 radical (unpaired) electrons. The summed E-state index contributed by atoms with van der Waals surface area (Å²) in [6.07, 6.45) is 1.50. The molecule has 2 heterocycles. The molecule has 0 bridgehead atoms. The highest BCUT2D eigenvalue weighted by atomic mass is 35.5. The van der Waals surface area contributed by atoms with Crippen LogP contribution in [0.2, 0.25) is 20.2 Å². The molecule has 0 fully saturated rings. The Morgan fingerprint density at radius 1 is 1.07 bits per heavy atom. The maximum Gasteiger partial charge on any atom is 0.274 e. The van der Waals surface area contributed by atoms with E-state index in [1.807, 2.05) is 0 Å². The van der Waals surface area contributed by atoms with Crippen molar-refractivity contribution in [1.29, 1.82) is 0 Å². The molecule has 3 rings (SSSR count). The first kappa shape index (κ1) is 21.4. The lowest BCUT2D eigenvalue weighted by molar-refractivity contribution is 0.0828. The minimum absolute atomic E-state index is 0.0462. The van der Waals surface area contributed by atoms with Crippen LogP contribution in [-0.2, 0) is 0 Å². The second-order valence-electron chi connectivity index (χ2n) is 6.04. The molecule has 0 saturated carbocycles. The average Bonchev–Trinajstić information content (AvgIpc) is 3.05. The van der Waals surface area contributed by atoms with Gasteiger partial charge in [0.15, 0.2) is 11.0 Å². The van der Waals surface area contributed by atoms with Crippen LogP contribution in [0.15, 0.2) is 36.5 Å². The molecule has 2 amide bonds. The quantitative estimate of drug-likeness (QED) is 0.589. The highest BCUT2D eigenvalue weighted by molar-refractivity contribution is 6.38. The Balaban J connectivity index is 2.05. The summed E-state index contributed by atoms with van der Waals surface area (Å²) < 4.78 is 1.21. The summed E-state index contributed by atoms with van der Waals surface area (Å²) in [7, 11) is 3.14. The van der Waals surface area contributed by atoms with Crippen molar-refractivity contribution < 1.29 is 9.59 Å². The van der Waals surface area contributed by atoms with Crippen molar-refractivity contribution in [3.05, 3.63) is 68.0 Å². The van der Waals surface area contributed by atoms with Gasteiger partial charge in [-0.3, -0.25) is 9.59 Å². The second kappa shape index (κ2) is 8.59. The number of carbonyl (C=O) groups excluding carboxylic acids is 2. The minimum Gasteiger partial charge on any atom is -0.345 e. The van der Waals surface area contributed by atoms with Gasteiger partial charge in [-0.05, 0) is 24.3 Å². The molecular weight excluding hydrogens is 460 g/mol. The van der Waals surface area contributed by atoms with Gasteiger partial charge < -0.3 is 10.2 Å². The van der Waals surface area contributed by atoms with Crippen molar-refractivity contribution >= 4 is 63.9 Å². The Labute approximate surface area is 186 Å². The van der Waals surface area contributed by atoms with Crippen molar-refractivity contribution in [1.82, 2.24) is 19.7 Å². The van der Waals surface area contributed by atoms with Crippen molar-refractivity contribution in [2.45, 2.75) is 0 Å². The third kappa shape index (κ3) is 4.48. The first-order valence-electron chi connectivity index (χ1n) is 8.07. The molecule has 3 aromatic rings. The topological polar surface area (TPSA) is 80.1 Å². The summed E-state index contributed by atoms with van der Waals surface area (Å²) in [5.74, 6) is -0.787. The lowest BCUT2D eigenvalue weighted by atomic mass is 10.1. The van der Waals surface area contributed by atoms with E-state index < -0.39 is 5.91 Å². The lowest BCUT2D eigenvalue weighted by Gasteiger charge is -2.17. The van der Waals surface area contributed by atoms with Gasteiger partial charge in [-0.15, -0.1) is 0 Å². The molecular formula is C18H13Cl4N5O2. The summed E-state index contributed by atoms with van der Waals surface area (Å²) in [6.45, 7) is 0. The first-order chi connectivity index (χ1) is 13.7. The number of amides is 2. The first-order valence-corrected chi connectivity index (χ1v) is 9.58. The van der Waals surface area contributed by atoms with E-state index in [-0.39, 0.29) is 48.9 Å². The zero-order valence-electron chi connectivity index (χ0n) is 15.1. The van der Waals surface area contributed by atoms with Crippen LogP contribution in [0, 0.1) is 0 Å². The maximum absolute atomic E-state index is 13.0. The van der Waals surface area contributed by atoms with Crippen LogP contribution in [0.3, 0.4) is 0 Å². The molecule has 29 heavy (non-hydrogen) atoms. The van der Waals surface area contributed by atoms with Crippen molar-refractivity contribution in [2.24, 2.45) is 0 Å². The SMILES string of the molecule is CN(C)C(=O)c1cc(Cl)cc(Cl)c1NC(=O)c1cc(Cl)nn1-c1ncccc1Cl. The van der Waals surface area contributed by atoms with Gasteiger partial charge in [0.05, 0.1) is 21.3 Å². The number of rotatable bonds is 4. The standard InChI is InChI=1S/C18H13Cl4N5O2/c1-26(2)18(29)10-6-9(19)7-12(21)15(10)24-17(28)13-8-14(22)25-27(13)16-11(20)4-3-5-23-16/h3-8H,1-2H3,(H,24,28). The third-order valence-electron chi connectivity index (χ3n) is 3.78. The predicted molar refractivity (Wildman–Crippen MR) is 114 cm³/mol. The molecule has 150 valence electrons. The lowest BCUT2D eigenvalue weighted by Crippen LogP contribution is -2.25. The van der Waals surface area contributed by atoms with Crippen LogP contribution < -0.4 is 5.32 Å². The summed E-state index contributed by atoms with van der Waals surface area (Å²) in [6, 6.07) is 7.43. The van der Waals surface area contributed by atoms with Gasteiger partial charge in [0.25, 0.3) is 11.8 Å². The normalized spacial score (nSPS) is 10.7. The fraction of sp³-hybridized carbons (Fsp3) is 0.111. The Hall–Kier alpha value is -2.32. The van der Waals surface area contributed by atoms with Crippen LogP contribution in [0.1, 0.15) is 20.8 Å². The molecule has 0 aliphatic carbocycles.